The van der Waals surface area contributed by atoms with Gasteiger partial charge in [-0.05, 0) is 41.1 Å². The van der Waals surface area contributed by atoms with E-state index in [0.29, 0.717) is 6.04 Å². The van der Waals surface area contributed by atoms with Gasteiger partial charge >= 0.3 is 0 Å². The third kappa shape index (κ3) is 2.36. The molecule has 4 heteroatoms. The standard InChI is InChI=1S/C10H16BrN3/c1-7-2-3-8(4-7)12-6-10-9(11)5-13-14-10/h5,7-8,12H,2-4,6H2,1H3,(H,13,14). The number of halogens is 1. The highest BCUT2D eigenvalue weighted by atomic mass is 79.9. The van der Waals surface area contributed by atoms with Crippen LogP contribution in [0.5, 0.6) is 0 Å². The van der Waals surface area contributed by atoms with Gasteiger partial charge in [0.05, 0.1) is 16.4 Å². The zero-order chi connectivity index (χ0) is 9.97. The number of rotatable bonds is 3. The molecule has 14 heavy (non-hydrogen) atoms. The van der Waals surface area contributed by atoms with Crippen LogP contribution >= 0.6 is 15.9 Å². The van der Waals surface area contributed by atoms with E-state index in [1.807, 2.05) is 0 Å². The number of aromatic nitrogens is 2. The van der Waals surface area contributed by atoms with Crippen molar-refractivity contribution in [2.24, 2.45) is 5.92 Å². The first-order valence-corrected chi connectivity index (χ1v) is 5.96. The molecule has 0 amide bonds. The maximum atomic E-state index is 3.97. The molecule has 2 rings (SSSR count). The van der Waals surface area contributed by atoms with Crippen molar-refractivity contribution < 1.29 is 0 Å². The normalized spacial score (nSPS) is 27.0. The molecule has 2 atom stereocenters. The van der Waals surface area contributed by atoms with Crippen molar-refractivity contribution in [2.45, 2.75) is 38.8 Å². The van der Waals surface area contributed by atoms with Crippen molar-refractivity contribution >= 4 is 15.9 Å². The number of aromatic amines is 1. The highest BCUT2D eigenvalue weighted by molar-refractivity contribution is 9.10. The lowest BCUT2D eigenvalue weighted by molar-refractivity contribution is 0.498. The third-order valence-corrected chi connectivity index (χ3v) is 3.61. The van der Waals surface area contributed by atoms with Crippen molar-refractivity contribution in [1.29, 1.82) is 0 Å². The van der Waals surface area contributed by atoms with Gasteiger partial charge < -0.3 is 5.32 Å². The van der Waals surface area contributed by atoms with Crippen LogP contribution in [-0.4, -0.2) is 16.2 Å². The van der Waals surface area contributed by atoms with E-state index >= 15 is 0 Å². The Balaban J connectivity index is 1.80. The van der Waals surface area contributed by atoms with Crippen LogP contribution in [0.1, 0.15) is 31.9 Å². The Morgan fingerprint density at radius 2 is 2.50 bits per heavy atom. The van der Waals surface area contributed by atoms with Gasteiger partial charge in [-0.15, -0.1) is 0 Å². The fourth-order valence-electron chi connectivity index (χ4n) is 2.06. The maximum absolute atomic E-state index is 3.97. The Hall–Kier alpha value is -0.350. The van der Waals surface area contributed by atoms with Crippen molar-refractivity contribution in [3.05, 3.63) is 16.4 Å². The predicted octanol–water partition coefficient (Wildman–Crippen LogP) is 2.45. The Labute approximate surface area is 92.8 Å². The number of hydrogen-bond donors (Lipinski definition) is 2. The van der Waals surface area contributed by atoms with E-state index in [2.05, 4.69) is 38.4 Å². The molecular weight excluding hydrogens is 242 g/mol. The van der Waals surface area contributed by atoms with Crippen LogP contribution in [0.4, 0.5) is 0 Å². The molecule has 2 N–H and O–H groups in total. The van der Waals surface area contributed by atoms with Crippen LogP contribution in [0, 0.1) is 5.92 Å². The average Bonchev–Trinajstić information content (AvgIpc) is 2.72. The van der Waals surface area contributed by atoms with E-state index in [4.69, 9.17) is 0 Å². The van der Waals surface area contributed by atoms with E-state index in [1.54, 1.807) is 6.20 Å². The summed E-state index contributed by atoms with van der Waals surface area (Å²) in [5.74, 6) is 0.887. The van der Waals surface area contributed by atoms with Crippen LogP contribution in [0.2, 0.25) is 0 Å². The highest BCUT2D eigenvalue weighted by Crippen LogP contribution is 2.25. The summed E-state index contributed by atoms with van der Waals surface area (Å²) in [5.41, 5.74) is 1.14. The van der Waals surface area contributed by atoms with Crippen LogP contribution in [0.25, 0.3) is 0 Å². The van der Waals surface area contributed by atoms with Crippen molar-refractivity contribution in [3.63, 3.8) is 0 Å². The van der Waals surface area contributed by atoms with Crippen molar-refractivity contribution in [3.8, 4) is 0 Å². The molecule has 78 valence electrons. The number of nitrogens with one attached hydrogen (secondary N) is 2. The van der Waals surface area contributed by atoms with Crippen LogP contribution < -0.4 is 5.32 Å². The molecule has 2 unspecified atom stereocenters. The molecule has 1 aromatic heterocycles. The largest absolute Gasteiger partial charge is 0.308 e. The molecule has 0 saturated heterocycles. The minimum Gasteiger partial charge on any atom is -0.308 e. The summed E-state index contributed by atoms with van der Waals surface area (Å²) in [6.07, 6.45) is 5.79. The monoisotopic (exact) mass is 257 g/mol. The van der Waals surface area contributed by atoms with Gasteiger partial charge in [0, 0.05) is 12.6 Å². The Morgan fingerprint density at radius 3 is 3.07 bits per heavy atom. The van der Waals surface area contributed by atoms with E-state index in [1.165, 1.54) is 19.3 Å². The molecule has 1 aliphatic rings. The number of hydrogen-bond acceptors (Lipinski definition) is 2. The van der Waals surface area contributed by atoms with Crippen LogP contribution in [-0.2, 0) is 6.54 Å². The summed E-state index contributed by atoms with van der Waals surface area (Å²) in [6, 6.07) is 0.695. The van der Waals surface area contributed by atoms with E-state index in [9.17, 15) is 0 Å². The zero-order valence-corrected chi connectivity index (χ0v) is 9.97. The molecule has 0 bridgehead atoms. The molecule has 0 radical (unpaired) electrons. The second-order valence-corrected chi connectivity index (χ2v) is 5.05. The predicted molar refractivity (Wildman–Crippen MR) is 59.9 cm³/mol. The van der Waals surface area contributed by atoms with Gasteiger partial charge in [-0.2, -0.15) is 5.10 Å². The van der Waals surface area contributed by atoms with Crippen LogP contribution in [0.3, 0.4) is 0 Å². The molecule has 0 spiro atoms. The molecule has 3 nitrogen and oxygen atoms in total. The fourth-order valence-corrected chi connectivity index (χ4v) is 2.39. The molecule has 1 heterocycles. The Morgan fingerprint density at radius 1 is 1.64 bits per heavy atom. The number of nitrogens with zero attached hydrogens (tertiary/aromatic N) is 1. The topological polar surface area (TPSA) is 40.7 Å². The van der Waals surface area contributed by atoms with Gasteiger partial charge in [0.1, 0.15) is 0 Å². The third-order valence-electron chi connectivity index (χ3n) is 2.93. The summed E-state index contributed by atoms with van der Waals surface area (Å²) in [5, 5.41) is 10.5. The Kier molecular flexibility index (Phi) is 3.23. The molecule has 0 aromatic carbocycles. The smallest absolute Gasteiger partial charge is 0.0633 e. The van der Waals surface area contributed by atoms with Crippen molar-refractivity contribution in [1.82, 2.24) is 15.5 Å². The first-order chi connectivity index (χ1) is 6.75. The lowest BCUT2D eigenvalue weighted by atomic mass is 10.1. The molecule has 1 aliphatic carbocycles. The van der Waals surface area contributed by atoms with Gasteiger partial charge in [-0.3, -0.25) is 5.10 Å². The van der Waals surface area contributed by atoms with E-state index in [0.717, 1.165) is 22.6 Å². The summed E-state index contributed by atoms with van der Waals surface area (Å²) in [4.78, 5) is 0. The average molecular weight is 258 g/mol. The maximum Gasteiger partial charge on any atom is 0.0633 e. The lowest BCUT2D eigenvalue weighted by Gasteiger charge is -2.11. The Bertz CT molecular complexity index is 297. The second-order valence-electron chi connectivity index (χ2n) is 4.19. The zero-order valence-electron chi connectivity index (χ0n) is 8.39. The summed E-state index contributed by atoms with van der Waals surface area (Å²) in [6.45, 7) is 3.21. The van der Waals surface area contributed by atoms with Crippen LogP contribution in [0.15, 0.2) is 10.7 Å². The van der Waals surface area contributed by atoms with Gasteiger partial charge in [0.25, 0.3) is 0 Å². The molecular formula is C10H16BrN3. The van der Waals surface area contributed by atoms with Gasteiger partial charge in [-0.1, -0.05) is 6.92 Å². The summed E-state index contributed by atoms with van der Waals surface area (Å²) < 4.78 is 1.07. The van der Waals surface area contributed by atoms with Gasteiger partial charge in [0.15, 0.2) is 0 Å². The summed E-state index contributed by atoms with van der Waals surface area (Å²) >= 11 is 3.45. The molecule has 1 aromatic rings. The molecule has 1 saturated carbocycles. The quantitative estimate of drug-likeness (QED) is 0.874. The molecule has 0 aliphatic heterocycles. The fraction of sp³-hybridized carbons (Fsp3) is 0.700. The van der Waals surface area contributed by atoms with E-state index < -0.39 is 0 Å². The highest BCUT2D eigenvalue weighted by Gasteiger charge is 2.20. The molecule has 1 fully saturated rings. The minimum atomic E-state index is 0.695. The van der Waals surface area contributed by atoms with E-state index in [-0.39, 0.29) is 0 Å². The summed E-state index contributed by atoms with van der Waals surface area (Å²) in [7, 11) is 0. The first-order valence-electron chi connectivity index (χ1n) is 5.17. The SMILES string of the molecule is CC1CCC(NCc2[nH]ncc2Br)C1. The lowest BCUT2D eigenvalue weighted by Crippen LogP contribution is -2.26. The minimum absolute atomic E-state index is 0.695. The van der Waals surface area contributed by atoms with Crippen molar-refractivity contribution in [2.75, 3.05) is 0 Å². The second kappa shape index (κ2) is 4.45. The number of H-pyrrole nitrogens is 1. The van der Waals surface area contributed by atoms with Gasteiger partial charge in [-0.25, -0.2) is 0 Å². The first kappa shape index (κ1) is 10.2. The van der Waals surface area contributed by atoms with Gasteiger partial charge in [0.2, 0.25) is 0 Å².